The Morgan fingerprint density at radius 3 is 2.15 bits per heavy atom. The second-order valence-corrected chi connectivity index (χ2v) is 14.2. The second-order valence-electron chi connectivity index (χ2n) is 12.1. The molecule has 6 aromatic carbocycles. The van der Waals surface area contributed by atoms with Crippen LogP contribution in [-0.2, 0) is 0 Å². The molecule has 0 aliphatic heterocycles. The highest BCUT2D eigenvalue weighted by molar-refractivity contribution is 7.36. The fraction of sp³-hybridized carbons (Fsp3) is 0. The largest absolute Gasteiger partial charge is 0.456 e. The van der Waals surface area contributed by atoms with E-state index >= 15 is 0 Å². The molecule has 0 spiro atoms. The minimum absolute atomic E-state index is 0.701. The van der Waals surface area contributed by atoms with Crippen LogP contribution in [0.25, 0.3) is 102 Å². The monoisotopic (exact) mass is 649 g/mol. The molecule has 4 nitrogen and oxygen atoms in total. The van der Waals surface area contributed by atoms with Gasteiger partial charge in [0.25, 0.3) is 0 Å². The zero-order chi connectivity index (χ0) is 31.3. The van der Waals surface area contributed by atoms with E-state index in [9.17, 15) is 0 Å². The normalized spacial score (nSPS) is 12.2. The molecule has 0 fully saturated rings. The van der Waals surface area contributed by atoms with Crippen LogP contribution in [0.3, 0.4) is 0 Å². The Labute approximate surface area is 281 Å². The summed E-state index contributed by atoms with van der Waals surface area (Å²) in [5, 5.41) is 5.91. The number of rotatable bonds is 3. The molecule has 5 aromatic heterocycles. The van der Waals surface area contributed by atoms with Gasteiger partial charge in [-0.1, -0.05) is 91.0 Å². The molecule has 11 rings (SSSR count). The third kappa shape index (κ3) is 3.64. The van der Waals surface area contributed by atoms with Crippen LogP contribution in [0, 0.1) is 0 Å². The second kappa shape index (κ2) is 9.84. The highest BCUT2D eigenvalue weighted by atomic mass is 32.1. The van der Waals surface area contributed by atoms with E-state index in [2.05, 4.69) is 138 Å². The molecule has 0 saturated heterocycles. The van der Waals surface area contributed by atoms with Crippen LogP contribution in [0.1, 0.15) is 0 Å². The van der Waals surface area contributed by atoms with E-state index in [4.69, 9.17) is 14.4 Å². The lowest BCUT2D eigenvalue weighted by Gasteiger charge is -2.07. The number of para-hydroxylation sites is 2. The molecule has 0 unspecified atom stereocenters. The zero-order valence-electron chi connectivity index (χ0n) is 25.3. The molecule has 11 aromatic rings. The predicted molar refractivity (Wildman–Crippen MR) is 203 cm³/mol. The first kappa shape index (κ1) is 26.3. The van der Waals surface area contributed by atoms with Crippen molar-refractivity contribution in [2.24, 2.45) is 0 Å². The molecule has 0 atom stereocenters. The van der Waals surface area contributed by atoms with Crippen LogP contribution in [0.15, 0.2) is 144 Å². The summed E-state index contributed by atoms with van der Waals surface area (Å²) in [5.41, 5.74) is 9.18. The maximum atomic E-state index is 6.62. The van der Waals surface area contributed by atoms with E-state index < -0.39 is 0 Å². The van der Waals surface area contributed by atoms with Gasteiger partial charge in [0.05, 0.1) is 30.8 Å². The van der Waals surface area contributed by atoms with Crippen LogP contribution in [0.2, 0.25) is 0 Å². The van der Waals surface area contributed by atoms with Crippen molar-refractivity contribution >= 4 is 96.1 Å². The summed E-state index contributed by atoms with van der Waals surface area (Å²) < 4.78 is 13.9. The molecule has 0 bridgehead atoms. The van der Waals surface area contributed by atoms with Gasteiger partial charge in [0.15, 0.2) is 5.82 Å². The van der Waals surface area contributed by atoms with Gasteiger partial charge in [0.2, 0.25) is 0 Å². The van der Waals surface area contributed by atoms with Gasteiger partial charge in [-0.25, -0.2) is 9.97 Å². The fourth-order valence-electron chi connectivity index (χ4n) is 7.32. The molecule has 0 N–H and O–H groups in total. The summed E-state index contributed by atoms with van der Waals surface area (Å²) in [5.74, 6) is 0.701. The average Bonchev–Trinajstić information content (AvgIpc) is 3.89. The molecule has 48 heavy (non-hydrogen) atoms. The van der Waals surface area contributed by atoms with Gasteiger partial charge in [-0.05, 0) is 48.5 Å². The van der Waals surface area contributed by atoms with E-state index in [1.807, 2.05) is 17.4 Å². The number of benzene rings is 6. The Morgan fingerprint density at radius 1 is 0.500 bits per heavy atom. The average molecular weight is 650 g/mol. The molecule has 0 aliphatic carbocycles. The summed E-state index contributed by atoms with van der Waals surface area (Å²) in [7, 11) is 0. The van der Waals surface area contributed by atoms with Gasteiger partial charge in [-0.3, -0.25) is 0 Å². The smallest absolute Gasteiger partial charge is 0.160 e. The number of thiophene rings is 2. The summed E-state index contributed by atoms with van der Waals surface area (Å²) in [6, 6.07) is 49.0. The first-order chi connectivity index (χ1) is 23.8. The van der Waals surface area contributed by atoms with Crippen molar-refractivity contribution in [3.63, 3.8) is 0 Å². The summed E-state index contributed by atoms with van der Waals surface area (Å²) >= 11 is 3.61. The minimum atomic E-state index is 0.701. The first-order valence-corrected chi connectivity index (χ1v) is 17.5. The van der Waals surface area contributed by atoms with Crippen molar-refractivity contribution < 1.29 is 4.42 Å². The molecular formula is C42H23N3OS2. The predicted octanol–water partition coefficient (Wildman–Crippen LogP) is 12.4. The molecule has 0 radical (unpaired) electrons. The van der Waals surface area contributed by atoms with Crippen LogP contribution in [0.4, 0.5) is 0 Å². The summed E-state index contributed by atoms with van der Waals surface area (Å²) in [4.78, 5) is 10.5. The molecule has 0 aliphatic rings. The summed E-state index contributed by atoms with van der Waals surface area (Å²) in [6.45, 7) is 0. The van der Waals surface area contributed by atoms with E-state index in [1.54, 1.807) is 11.3 Å². The maximum absolute atomic E-state index is 6.62. The lowest BCUT2D eigenvalue weighted by molar-refractivity contribution is 0.669. The first-order valence-electron chi connectivity index (χ1n) is 15.9. The topological polar surface area (TPSA) is 43.9 Å². The molecule has 224 valence electrons. The van der Waals surface area contributed by atoms with Gasteiger partial charge in [-0.2, -0.15) is 0 Å². The molecule has 0 amide bonds. The number of furan rings is 1. The van der Waals surface area contributed by atoms with Gasteiger partial charge >= 0.3 is 0 Å². The number of hydrogen-bond acceptors (Lipinski definition) is 5. The maximum Gasteiger partial charge on any atom is 0.160 e. The molecule has 5 heterocycles. The van der Waals surface area contributed by atoms with Crippen molar-refractivity contribution in [3.05, 3.63) is 140 Å². The Balaban J connectivity index is 1.17. The lowest BCUT2D eigenvalue weighted by Crippen LogP contribution is -1.93. The van der Waals surface area contributed by atoms with E-state index in [0.717, 1.165) is 60.2 Å². The van der Waals surface area contributed by atoms with Crippen LogP contribution >= 0.6 is 22.7 Å². The minimum Gasteiger partial charge on any atom is -0.456 e. The van der Waals surface area contributed by atoms with Crippen molar-refractivity contribution in [2.75, 3.05) is 0 Å². The number of aromatic nitrogens is 3. The number of fused-ring (bicyclic) bond motifs is 12. The van der Waals surface area contributed by atoms with Crippen molar-refractivity contribution in [3.8, 4) is 28.3 Å². The SMILES string of the molecule is c1ccc(-c2nc(-c3ccc4c(c3)oc3ccc5c(c6ccccc6n5-c5ccccc5)c34)nc3c2sc2c4ccccc4sc32)cc1. The van der Waals surface area contributed by atoms with Gasteiger partial charge in [0, 0.05) is 48.4 Å². The van der Waals surface area contributed by atoms with Crippen molar-refractivity contribution in [1.82, 2.24) is 14.5 Å². The van der Waals surface area contributed by atoms with Gasteiger partial charge in [0.1, 0.15) is 16.7 Å². The van der Waals surface area contributed by atoms with E-state index in [0.29, 0.717) is 5.82 Å². The molecule has 6 heteroatoms. The zero-order valence-corrected chi connectivity index (χ0v) is 27.0. The Bertz CT molecular complexity index is 3060. The summed E-state index contributed by atoms with van der Waals surface area (Å²) in [6.07, 6.45) is 0. The van der Waals surface area contributed by atoms with Crippen LogP contribution < -0.4 is 0 Å². The number of hydrogen-bond donors (Lipinski definition) is 0. The Morgan fingerprint density at radius 2 is 1.27 bits per heavy atom. The third-order valence-corrected chi connectivity index (χ3v) is 12.0. The lowest BCUT2D eigenvalue weighted by atomic mass is 10.0. The van der Waals surface area contributed by atoms with Gasteiger partial charge in [-0.15, -0.1) is 22.7 Å². The Hall–Kier alpha value is -5.82. The third-order valence-electron chi connectivity index (χ3n) is 9.43. The standard InChI is InChI=1S/C42H23N3OS2/c1-3-11-24(12-4-1)37-40-38(41-39(48-40)29-16-8-10-18-34(29)47-41)44-42(43-37)25-19-20-28-33(23-25)46-32-22-21-31-35(36(28)32)27-15-7-9-17-30(27)45(31)26-13-5-2-6-14-26/h1-23H. The van der Waals surface area contributed by atoms with Crippen LogP contribution in [-0.4, -0.2) is 14.5 Å². The van der Waals surface area contributed by atoms with Crippen molar-refractivity contribution in [2.45, 2.75) is 0 Å². The quantitative estimate of drug-likeness (QED) is 0.191. The fourth-order valence-corrected chi connectivity index (χ4v) is 9.98. The van der Waals surface area contributed by atoms with Crippen LogP contribution in [0.5, 0.6) is 0 Å². The number of nitrogens with zero attached hydrogens (tertiary/aromatic N) is 3. The van der Waals surface area contributed by atoms with Gasteiger partial charge < -0.3 is 8.98 Å². The Kier molecular flexibility index (Phi) is 5.39. The van der Waals surface area contributed by atoms with E-state index in [1.165, 1.54) is 35.8 Å². The highest BCUT2D eigenvalue weighted by Crippen LogP contribution is 2.47. The highest BCUT2D eigenvalue weighted by Gasteiger charge is 2.22. The molecule has 0 saturated carbocycles. The van der Waals surface area contributed by atoms with E-state index in [-0.39, 0.29) is 0 Å². The molecular weight excluding hydrogens is 627 g/mol. The van der Waals surface area contributed by atoms with Crippen molar-refractivity contribution in [1.29, 1.82) is 0 Å².